The highest BCUT2D eigenvalue weighted by atomic mass is 19.1. The summed E-state index contributed by atoms with van der Waals surface area (Å²) < 4.78 is 15.8. The molecule has 180 valence electrons. The van der Waals surface area contributed by atoms with Gasteiger partial charge in [0, 0.05) is 12.6 Å². The summed E-state index contributed by atoms with van der Waals surface area (Å²) in [6.45, 7) is 1.76. The Morgan fingerprint density at radius 2 is 1.83 bits per heavy atom. The predicted octanol–water partition coefficient (Wildman–Crippen LogP) is 4.77. The molecule has 0 saturated carbocycles. The number of fused-ring (bicyclic) bond motifs is 1. The zero-order valence-electron chi connectivity index (χ0n) is 19.3. The standard InChI is InChI=1S/C26H22FN7O2/c1-16(17-8-3-2-4-9-17)33(26(35)36)22-15-30-25(31-24(22)28)34-21-12-7-13-29-23(21)20(32-34)14-18-10-5-6-11-19(18)27/h2-13,15-16H,14H2,1H3,(H,35,36)(H2,28,30,31). The fraction of sp³-hybridized carbons (Fsp3) is 0.115. The fourth-order valence-electron chi connectivity index (χ4n) is 4.13. The number of aromatic nitrogens is 5. The molecular formula is C26H22FN7O2. The largest absolute Gasteiger partial charge is 0.465 e. The molecule has 1 atom stereocenters. The number of carboxylic acid groups (broad SMARTS) is 1. The molecule has 0 spiro atoms. The number of carbonyl (C=O) groups is 1. The monoisotopic (exact) mass is 483 g/mol. The molecule has 0 aliphatic heterocycles. The summed E-state index contributed by atoms with van der Waals surface area (Å²) in [4.78, 5) is 26.5. The molecule has 10 heteroatoms. The van der Waals surface area contributed by atoms with Crippen molar-refractivity contribution in [3.05, 3.63) is 102 Å². The molecule has 3 aromatic heterocycles. The molecule has 0 saturated heterocycles. The number of hydrogen-bond donors (Lipinski definition) is 2. The van der Waals surface area contributed by atoms with Gasteiger partial charge in [-0.3, -0.25) is 9.88 Å². The van der Waals surface area contributed by atoms with Crippen LogP contribution < -0.4 is 10.6 Å². The molecule has 36 heavy (non-hydrogen) atoms. The zero-order chi connectivity index (χ0) is 25.2. The first-order chi connectivity index (χ1) is 17.4. The summed E-state index contributed by atoms with van der Waals surface area (Å²) >= 11 is 0. The van der Waals surface area contributed by atoms with Gasteiger partial charge in [-0.1, -0.05) is 48.5 Å². The molecule has 0 aliphatic carbocycles. The topological polar surface area (TPSA) is 123 Å². The number of amides is 1. The van der Waals surface area contributed by atoms with E-state index in [1.54, 1.807) is 43.5 Å². The van der Waals surface area contributed by atoms with E-state index in [0.717, 1.165) is 10.5 Å². The number of nitrogens with zero attached hydrogens (tertiary/aromatic N) is 6. The van der Waals surface area contributed by atoms with Gasteiger partial charge in [0.15, 0.2) is 5.82 Å². The van der Waals surface area contributed by atoms with E-state index in [4.69, 9.17) is 5.73 Å². The summed E-state index contributed by atoms with van der Waals surface area (Å²) in [5.41, 5.74) is 9.42. The SMILES string of the molecule is CC(c1ccccc1)N(C(=O)O)c1cnc(-n2nc(Cc3ccccc3F)c3ncccc32)nc1N. The highest BCUT2D eigenvalue weighted by Gasteiger charge is 2.26. The lowest BCUT2D eigenvalue weighted by Crippen LogP contribution is -2.33. The lowest BCUT2D eigenvalue weighted by Gasteiger charge is -2.27. The molecule has 1 unspecified atom stereocenters. The Kier molecular flexibility index (Phi) is 5.99. The van der Waals surface area contributed by atoms with Gasteiger partial charge >= 0.3 is 6.09 Å². The van der Waals surface area contributed by atoms with E-state index >= 15 is 0 Å². The molecule has 1 amide bonds. The first-order valence-corrected chi connectivity index (χ1v) is 11.2. The molecule has 9 nitrogen and oxygen atoms in total. The van der Waals surface area contributed by atoms with Gasteiger partial charge in [0.2, 0.25) is 0 Å². The van der Waals surface area contributed by atoms with Crippen molar-refractivity contribution in [3.63, 3.8) is 0 Å². The van der Waals surface area contributed by atoms with Gasteiger partial charge < -0.3 is 10.8 Å². The van der Waals surface area contributed by atoms with Crippen LogP contribution in [0.15, 0.2) is 79.1 Å². The van der Waals surface area contributed by atoms with Gasteiger partial charge in [0.1, 0.15) is 17.0 Å². The Morgan fingerprint density at radius 3 is 2.56 bits per heavy atom. The van der Waals surface area contributed by atoms with E-state index in [9.17, 15) is 14.3 Å². The summed E-state index contributed by atoms with van der Waals surface area (Å²) in [6, 6.07) is 18.7. The van der Waals surface area contributed by atoms with E-state index in [1.807, 2.05) is 30.3 Å². The second-order valence-corrected chi connectivity index (χ2v) is 8.18. The van der Waals surface area contributed by atoms with Crippen LogP contribution in [0.4, 0.5) is 20.7 Å². The average Bonchev–Trinajstić information content (AvgIpc) is 3.25. The maximum atomic E-state index is 14.3. The number of halogens is 1. The van der Waals surface area contributed by atoms with Crippen molar-refractivity contribution in [2.75, 3.05) is 10.6 Å². The van der Waals surface area contributed by atoms with E-state index in [0.29, 0.717) is 22.3 Å². The molecule has 0 fully saturated rings. The van der Waals surface area contributed by atoms with Gasteiger partial charge in [-0.25, -0.2) is 14.2 Å². The van der Waals surface area contributed by atoms with Crippen LogP contribution in [0, 0.1) is 5.82 Å². The first kappa shape index (κ1) is 22.9. The molecular weight excluding hydrogens is 461 g/mol. The Morgan fingerprint density at radius 1 is 1.08 bits per heavy atom. The van der Waals surface area contributed by atoms with Gasteiger partial charge in [0.05, 0.1) is 23.4 Å². The second kappa shape index (κ2) is 9.41. The first-order valence-electron chi connectivity index (χ1n) is 11.2. The molecule has 5 rings (SSSR count). The minimum absolute atomic E-state index is 0.0200. The Labute approximate surface area is 205 Å². The second-order valence-electron chi connectivity index (χ2n) is 8.18. The van der Waals surface area contributed by atoms with E-state index in [1.165, 1.54) is 16.9 Å². The van der Waals surface area contributed by atoms with Crippen LogP contribution in [0.3, 0.4) is 0 Å². The van der Waals surface area contributed by atoms with Crippen LogP contribution in [-0.4, -0.2) is 35.9 Å². The zero-order valence-corrected chi connectivity index (χ0v) is 19.3. The summed E-state index contributed by atoms with van der Waals surface area (Å²) in [7, 11) is 0. The summed E-state index contributed by atoms with van der Waals surface area (Å²) in [5.74, 6) is -0.206. The quantitative estimate of drug-likeness (QED) is 0.357. The highest BCUT2D eigenvalue weighted by Crippen LogP contribution is 2.31. The van der Waals surface area contributed by atoms with Crippen molar-refractivity contribution in [1.82, 2.24) is 24.7 Å². The number of nitrogen functional groups attached to an aromatic ring is 1. The smallest absolute Gasteiger partial charge is 0.412 e. The number of anilines is 2. The molecule has 0 aliphatic rings. The van der Waals surface area contributed by atoms with Gasteiger partial charge in [-0.2, -0.15) is 14.8 Å². The van der Waals surface area contributed by atoms with Crippen molar-refractivity contribution >= 4 is 28.6 Å². The van der Waals surface area contributed by atoms with Crippen LogP contribution in [0.1, 0.15) is 29.8 Å². The molecule has 2 aromatic carbocycles. The minimum atomic E-state index is -1.18. The van der Waals surface area contributed by atoms with E-state index in [2.05, 4.69) is 20.1 Å². The van der Waals surface area contributed by atoms with Crippen LogP contribution in [0.5, 0.6) is 0 Å². The molecule has 3 heterocycles. The van der Waals surface area contributed by atoms with Crippen molar-refractivity contribution in [3.8, 4) is 5.95 Å². The Hall–Kier alpha value is -4.86. The van der Waals surface area contributed by atoms with E-state index < -0.39 is 12.1 Å². The number of pyridine rings is 1. The lowest BCUT2D eigenvalue weighted by atomic mass is 10.1. The van der Waals surface area contributed by atoms with Crippen LogP contribution in [0.2, 0.25) is 0 Å². The molecule has 0 radical (unpaired) electrons. The highest BCUT2D eigenvalue weighted by molar-refractivity contribution is 5.90. The fourth-order valence-corrected chi connectivity index (χ4v) is 4.13. The molecule has 3 N–H and O–H groups in total. The predicted molar refractivity (Wildman–Crippen MR) is 133 cm³/mol. The number of rotatable bonds is 6. The van der Waals surface area contributed by atoms with E-state index in [-0.39, 0.29) is 29.7 Å². The third-order valence-electron chi connectivity index (χ3n) is 5.93. The summed E-state index contributed by atoms with van der Waals surface area (Å²) in [6.07, 6.45) is 2.04. The van der Waals surface area contributed by atoms with Crippen LogP contribution >= 0.6 is 0 Å². The Bertz CT molecular complexity index is 1560. The normalized spacial score (nSPS) is 11.9. The number of nitrogens with two attached hydrogens (primary N) is 1. The third-order valence-corrected chi connectivity index (χ3v) is 5.93. The van der Waals surface area contributed by atoms with Crippen LogP contribution in [0.25, 0.3) is 17.0 Å². The van der Waals surface area contributed by atoms with Gasteiger partial charge in [0.25, 0.3) is 5.95 Å². The Balaban J connectivity index is 1.55. The maximum Gasteiger partial charge on any atom is 0.412 e. The van der Waals surface area contributed by atoms with Gasteiger partial charge in [-0.05, 0) is 36.2 Å². The third kappa shape index (κ3) is 4.20. The lowest BCUT2D eigenvalue weighted by molar-refractivity contribution is 0.199. The van der Waals surface area contributed by atoms with Crippen molar-refractivity contribution in [2.45, 2.75) is 19.4 Å². The van der Waals surface area contributed by atoms with Crippen molar-refractivity contribution in [2.24, 2.45) is 0 Å². The minimum Gasteiger partial charge on any atom is -0.465 e. The van der Waals surface area contributed by atoms with Crippen molar-refractivity contribution in [1.29, 1.82) is 0 Å². The molecule has 0 bridgehead atoms. The number of hydrogen-bond acceptors (Lipinski definition) is 6. The summed E-state index contributed by atoms with van der Waals surface area (Å²) in [5, 5.41) is 14.5. The van der Waals surface area contributed by atoms with Crippen LogP contribution in [-0.2, 0) is 6.42 Å². The van der Waals surface area contributed by atoms with Gasteiger partial charge in [-0.15, -0.1) is 0 Å². The number of benzene rings is 2. The maximum absolute atomic E-state index is 14.3. The molecule has 5 aromatic rings. The average molecular weight is 484 g/mol. The van der Waals surface area contributed by atoms with Crippen molar-refractivity contribution < 1.29 is 14.3 Å².